The van der Waals surface area contributed by atoms with E-state index in [1.54, 1.807) is 32.1 Å². The van der Waals surface area contributed by atoms with Crippen LogP contribution in [0.5, 0.6) is 0 Å². The summed E-state index contributed by atoms with van der Waals surface area (Å²) < 4.78 is 41.7. The van der Waals surface area contributed by atoms with Gasteiger partial charge in [0.15, 0.2) is 12.4 Å². The lowest BCUT2D eigenvalue weighted by atomic mass is 9.74. The van der Waals surface area contributed by atoms with Crippen molar-refractivity contribution in [1.82, 2.24) is 0 Å². The second-order valence-corrected chi connectivity index (χ2v) is 14.4. The number of methoxy groups -OCH3 is 1. The first-order valence-corrected chi connectivity index (χ1v) is 18.5. The smallest absolute Gasteiger partial charge is 0.330 e. The molecule has 4 bridgehead atoms. The molecule has 2 fully saturated rings. The predicted molar refractivity (Wildman–Crippen MR) is 190 cm³/mol. The van der Waals surface area contributed by atoms with Crippen molar-refractivity contribution < 1.29 is 58.1 Å². The first-order valence-electron chi connectivity index (χ1n) is 18.5. The third-order valence-electron chi connectivity index (χ3n) is 9.65. The number of hydrogen-bond acceptors (Lipinski definition) is 12. The third kappa shape index (κ3) is 13.4. The highest BCUT2D eigenvalue weighted by Gasteiger charge is 2.57. The van der Waals surface area contributed by atoms with Crippen molar-refractivity contribution in [2.45, 2.75) is 153 Å². The van der Waals surface area contributed by atoms with E-state index in [4.69, 9.17) is 33.2 Å². The lowest BCUT2D eigenvalue weighted by Crippen LogP contribution is -2.62. The maximum Gasteiger partial charge on any atom is 0.330 e. The molecule has 0 amide bonds. The Hall–Kier alpha value is -2.58. The molecule has 51 heavy (non-hydrogen) atoms. The molecule has 3 rings (SSSR count). The standard InChI is InChI=1S/C39H62O12/c1-7-9-10-11-12-14-34(42)50-37-28(23-35(43)45-6)22-32-25-33(26-40)47-27(3)21-29(41)16-19-46-20-17-31-24-30(13-8-2)48-36(49-31)15-18-38(4,5)39(37,44)51-32/h8,15,18,23,29-33,36-37,40-41,44H,2-3,7,9-14,16-17,19-22,24-26H2,1,4-6H3/b18-15+,28-23+/t29-,30+,31?,32+,33-,36+,37+,39-/m1/s1. The second-order valence-electron chi connectivity index (χ2n) is 14.4. The lowest BCUT2D eigenvalue weighted by molar-refractivity contribution is -0.327. The number of carbonyl (C=O) groups excluding carboxylic acids is 2. The van der Waals surface area contributed by atoms with Crippen LogP contribution in [0.1, 0.15) is 104 Å². The molecule has 3 heterocycles. The first kappa shape index (κ1) is 42.8. The number of hydrogen-bond donors (Lipinski definition) is 3. The van der Waals surface area contributed by atoms with Gasteiger partial charge in [0.25, 0.3) is 0 Å². The van der Waals surface area contributed by atoms with Crippen LogP contribution in [0.3, 0.4) is 0 Å². The van der Waals surface area contributed by atoms with Crippen molar-refractivity contribution in [3.05, 3.63) is 48.8 Å². The lowest BCUT2D eigenvalue weighted by Gasteiger charge is -2.51. The van der Waals surface area contributed by atoms with Gasteiger partial charge in [-0.1, -0.05) is 65.2 Å². The number of aliphatic hydroxyl groups is 3. The van der Waals surface area contributed by atoms with Gasteiger partial charge in [-0.25, -0.2) is 4.79 Å². The van der Waals surface area contributed by atoms with Crippen LogP contribution in [0.15, 0.2) is 48.8 Å². The highest BCUT2D eigenvalue weighted by Crippen LogP contribution is 2.47. The minimum absolute atomic E-state index is 0.0672. The molecule has 0 saturated carbocycles. The summed E-state index contributed by atoms with van der Waals surface area (Å²) in [4.78, 5) is 26.0. The van der Waals surface area contributed by atoms with Gasteiger partial charge >= 0.3 is 11.9 Å². The Bertz CT molecular complexity index is 1180. The average molecular weight is 723 g/mol. The van der Waals surface area contributed by atoms with Gasteiger partial charge in [0.05, 0.1) is 43.9 Å². The minimum Gasteiger partial charge on any atom is -0.493 e. The van der Waals surface area contributed by atoms with Crippen molar-refractivity contribution in [1.29, 1.82) is 0 Å². The van der Waals surface area contributed by atoms with Gasteiger partial charge in [0, 0.05) is 50.4 Å². The van der Waals surface area contributed by atoms with E-state index >= 15 is 0 Å². The van der Waals surface area contributed by atoms with Crippen molar-refractivity contribution in [3.8, 4) is 0 Å². The van der Waals surface area contributed by atoms with Gasteiger partial charge in [0.1, 0.15) is 6.10 Å². The molecular weight excluding hydrogens is 660 g/mol. The molecule has 0 aromatic heterocycles. The molecule has 290 valence electrons. The summed E-state index contributed by atoms with van der Waals surface area (Å²) in [5.74, 6) is -3.15. The molecule has 2 saturated heterocycles. The Labute approximate surface area is 303 Å². The molecule has 0 radical (unpaired) electrons. The minimum atomic E-state index is -2.21. The van der Waals surface area contributed by atoms with E-state index in [1.165, 1.54) is 13.2 Å². The molecule has 8 atom stereocenters. The number of fused-ring (bicyclic) bond motifs is 4. The quantitative estimate of drug-likeness (QED) is 0.109. The largest absolute Gasteiger partial charge is 0.493 e. The summed E-state index contributed by atoms with van der Waals surface area (Å²) in [7, 11) is 1.24. The zero-order chi connectivity index (χ0) is 37.4. The fourth-order valence-corrected chi connectivity index (χ4v) is 6.67. The normalized spacial score (nSPS) is 33.7. The monoisotopic (exact) mass is 722 g/mol. The van der Waals surface area contributed by atoms with E-state index in [1.807, 2.05) is 0 Å². The van der Waals surface area contributed by atoms with Crippen molar-refractivity contribution in [2.75, 3.05) is 26.9 Å². The molecule has 3 aliphatic heterocycles. The summed E-state index contributed by atoms with van der Waals surface area (Å²) in [5, 5.41) is 33.6. The van der Waals surface area contributed by atoms with Crippen molar-refractivity contribution in [2.24, 2.45) is 5.41 Å². The number of unbranched alkanes of at least 4 members (excludes halogenated alkanes) is 4. The molecule has 3 N–H and O–H groups in total. The third-order valence-corrected chi connectivity index (χ3v) is 9.65. The Morgan fingerprint density at radius 2 is 1.76 bits per heavy atom. The van der Waals surface area contributed by atoms with E-state index in [2.05, 4.69) is 20.1 Å². The van der Waals surface area contributed by atoms with Gasteiger partial charge in [-0.15, -0.1) is 6.58 Å². The Kier molecular flexibility index (Phi) is 17.8. The zero-order valence-corrected chi connectivity index (χ0v) is 31.1. The first-order chi connectivity index (χ1) is 24.3. The van der Waals surface area contributed by atoms with Gasteiger partial charge in [-0.3, -0.25) is 4.79 Å². The maximum atomic E-state index is 13.3. The summed E-state index contributed by atoms with van der Waals surface area (Å²) in [5.41, 5.74) is -0.973. The molecule has 0 spiro atoms. The molecule has 0 aromatic carbocycles. The topological polar surface area (TPSA) is 159 Å². The van der Waals surface area contributed by atoms with Crippen LogP contribution >= 0.6 is 0 Å². The Morgan fingerprint density at radius 3 is 2.47 bits per heavy atom. The highest BCUT2D eigenvalue weighted by molar-refractivity contribution is 5.83. The van der Waals surface area contributed by atoms with Gasteiger partial charge in [-0.2, -0.15) is 0 Å². The average Bonchev–Trinajstić information content (AvgIpc) is 3.08. The fraction of sp³-hybridized carbons (Fsp3) is 0.744. The molecule has 12 nitrogen and oxygen atoms in total. The molecular formula is C39H62O12. The van der Waals surface area contributed by atoms with Gasteiger partial charge in [-0.05, 0) is 43.8 Å². The Morgan fingerprint density at radius 1 is 1.04 bits per heavy atom. The molecule has 1 unspecified atom stereocenters. The zero-order valence-electron chi connectivity index (χ0n) is 31.1. The summed E-state index contributed by atoms with van der Waals surface area (Å²) in [6, 6.07) is 0. The summed E-state index contributed by atoms with van der Waals surface area (Å²) in [6.07, 6.45) is 8.82. The number of ether oxygens (including phenoxy) is 7. The maximum absolute atomic E-state index is 13.3. The molecule has 12 heteroatoms. The fourth-order valence-electron chi connectivity index (χ4n) is 6.67. The number of esters is 2. The van der Waals surface area contributed by atoms with E-state index < -0.39 is 60.5 Å². The van der Waals surface area contributed by atoms with Crippen molar-refractivity contribution in [3.63, 3.8) is 0 Å². The number of rotatable bonds is 11. The second kappa shape index (κ2) is 21.2. The van der Waals surface area contributed by atoms with E-state index in [0.717, 1.165) is 25.7 Å². The SMILES string of the molecule is C=CC[C@H]1CC2CCOCC[C@@H](O)CC(=C)O[C@@H](CO)C[C@@H]3C/C(=C\C(=O)OC)[C@H](OC(=O)CCCCCCC)[C@@](O)(O3)C(C)(C)/C=C/[C@H](O2)O1. The van der Waals surface area contributed by atoms with Crippen LogP contribution in [0.2, 0.25) is 0 Å². The number of carbonyl (C=O) groups is 2. The van der Waals surface area contributed by atoms with Crippen LogP contribution < -0.4 is 0 Å². The van der Waals surface area contributed by atoms with Gasteiger partial charge < -0.3 is 48.5 Å². The van der Waals surface area contributed by atoms with Crippen LogP contribution in [-0.4, -0.2) is 103 Å². The van der Waals surface area contributed by atoms with Crippen LogP contribution in [0.25, 0.3) is 0 Å². The van der Waals surface area contributed by atoms with E-state index in [0.29, 0.717) is 50.9 Å². The molecule has 0 aliphatic carbocycles. The van der Waals surface area contributed by atoms with Crippen LogP contribution in [0.4, 0.5) is 0 Å². The van der Waals surface area contributed by atoms with E-state index in [-0.39, 0.29) is 43.7 Å². The van der Waals surface area contributed by atoms with Gasteiger partial charge in [0.2, 0.25) is 5.79 Å². The van der Waals surface area contributed by atoms with Crippen LogP contribution in [-0.2, 0) is 42.7 Å². The predicted octanol–water partition coefficient (Wildman–Crippen LogP) is 5.34. The summed E-state index contributed by atoms with van der Waals surface area (Å²) in [6.45, 7) is 13.7. The van der Waals surface area contributed by atoms with E-state index in [9.17, 15) is 24.9 Å². The molecule has 3 aliphatic rings. The Balaban J connectivity index is 2.04. The molecule has 0 aromatic rings. The van der Waals surface area contributed by atoms with Crippen molar-refractivity contribution >= 4 is 11.9 Å². The number of aliphatic hydroxyl groups excluding tert-OH is 2. The summed E-state index contributed by atoms with van der Waals surface area (Å²) >= 11 is 0. The highest BCUT2D eigenvalue weighted by atomic mass is 16.7. The van der Waals surface area contributed by atoms with Crippen LogP contribution in [0, 0.1) is 5.41 Å².